The van der Waals surface area contributed by atoms with Crippen molar-refractivity contribution in [1.82, 2.24) is 29.6 Å². The summed E-state index contributed by atoms with van der Waals surface area (Å²) >= 11 is 0. The molecule has 0 spiro atoms. The van der Waals surface area contributed by atoms with Gasteiger partial charge < -0.3 is 19.8 Å². The zero-order valence-corrected chi connectivity index (χ0v) is 28.9. The summed E-state index contributed by atoms with van der Waals surface area (Å²) in [4.78, 5) is 43.7. The van der Waals surface area contributed by atoms with Gasteiger partial charge in [0.05, 0.1) is 11.1 Å². The van der Waals surface area contributed by atoms with E-state index in [1.807, 2.05) is 54.5 Å². The molecule has 4 aromatic carbocycles. The van der Waals surface area contributed by atoms with Crippen LogP contribution in [0.25, 0.3) is 21.8 Å². The van der Waals surface area contributed by atoms with Gasteiger partial charge in [0.2, 0.25) is 0 Å². The van der Waals surface area contributed by atoms with Gasteiger partial charge in [0.25, 0.3) is 11.8 Å². The zero-order chi connectivity index (χ0) is 34.3. The van der Waals surface area contributed by atoms with Crippen molar-refractivity contribution in [1.29, 1.82) is 0 Å². The highest BCUT2D eigenvalue weighted by molar-refractivity contribution is 6.07. The van der Waals surface area contributed by atoms with Gasteiger partial charge in [0, 0.05) is 100 Å². The van der Waals surface area contributed by atoms with Crippen LogP contribution in [0.2, 0.25) is 0 Å². The molecule has 1 aliphatic heterocycles. The number of amides is 2. The lowest BCUT2D eigenvalue weighted by Crippen LogP contribution is -2.49. The number of rotatable bonds is 13. The smallest absolute Gasteiger partial charge is 0.254 e. The average molecular weight is 667 g/mol. The van der Waals surface area contributed by atoms with Crippen molar-refractivity contribution in [3.63, 3.8) is 0 Å². The molecule has 7 rings (SSSR count). The Balaban J connectivity index is 1.04. The molecular formula is C42H46N6O2. The molecule has 2 N–H and O–H groups in total. The molecule has 256 valence electrons. The van der Waals surface area contributed by atoms with E-state index in [4.69, 9.17) is 0 Å². The fourth-order valence-electron chi connectivity index (χ4n) is 7.14. The van der Waals surface area contributed by atoms with Gasteiger partial charge in [-0.3, -0.25) is 19.4 Å². The van der Waals surface area contributed by atoms with Crippen LogP contribution in [0.15, 0.2) is 116 Å². The third-order valence-corrected chi connectivity index (χ3v) is 10.1. The summed E-state index contributed by atoms with van der Waals surface area (Å²) < 4.78 is 0. The molecule has 1 fully saturated rings. The van der Waals surface area contributed by atoms with Crippen molar-refractivity contribution in [2.24, 2.45) is 0 Å². The van der Waals surface area contributed by atoms with Crippen molar-refractivity contribution in [2.75, 3.05) is 59.4 Å². The number of H-pyrrole nitrogens is 2. The molecule has 1 aliphatic rings. The second kappa shape index (κ2) is 15.6. The Kier molecular flexibility index (Phi) is 10.4. The van der Waals surface area contributed by atoms with Crippen molar-refractivity contribution in [3.05, 3.63) is 143 Å². The third-order valence-electron chi connectivity index (χ3n) is 10.1. The molecule has 1 saturated heterocycles. The van der Waals surface area contributed by atoms with Crippen LogP contribution >= 0.6 is 0 Å². The minimum Gasteiger partial charge on any atom is -0.361 e. The van der Waals surface area contributed by atoms with Crippen LogP contribution < -0.4 is 0 Å². The Bertz CT molecular complexity index is 2040. The summed E-state index contributed by atoms with van der Waals surface area (Å²) in [6.07, 6.45) is 5.52. The van der Waals surface area contributed by atoms with E-state index in [-0.39, 0.29) is 11.8 Å². The van der Waals surface area contributed by atoms with Crippen LogP contribution in [0.5, 0.6) is 0 Å². The second-order valence-electron chi connectivity index (χ2n) is 13.4. The van der Waals surface area contributed by atoms with E-state index >= 15 is 0 Å². The average Bonchev–Trinajstić information content (AvgIpc) is 3.78. The number of aromatic amines is 2. The Labute approximate surface area is 294 Å². The first-order valence-electron chi connectivity index (χ1n) is 17.8. The molecule has 2 aromatic heterocycles. The summed E-state index contributed by atoms with van der Waals surface area (Å²) in [5.74, 6) is -0.235. The van der Waals surface area contributed by atoms with E-state index in [1.165, 1.54) is 27.5 Å². The first-order chi connectivity index (χ1) is 24.5. The van der Waals surface area contributed by atoms with Gasteiger partial charge in [0.1, 0.15) is 0 Å². The molecule has 0 saturated carbocycles. The highest BCUT2D eigenvalue weighted by Crippen LogP contribution is 2.22. The summed E-state index contributed by atoms with van der Waals surface area (Å²) in [5, 5.41) is 2.36. The Morgan fingerprint density at radius 3 is 1.76 bits per heavy atom. The summed E-state index contributed by atoms with van der Waals surface area (Å²) in [5.41, 5.74) is 6.80. The van der Waals surface area contributed by atoms with E-state index in [9.17, 15) is 9.59 Å². The van der Waals surface area contributed by atoms with Crippen LogP contribution in [-0.2, 0) is 19.4 Å². The molecule has 8 nitrogen and oxygen atoms in total. The highest BCUT2D eigenvalue weighted by atomic mass is 16.2. The number of hydrogen-bond donors (Lipinski definition) is 2. The Hall–Kier alpha value is -5.18. The monoisotopic (exact) mass is 666 g/mol. The number of carbonyl (C=O) groups is 2. The lowest BCUT2D eigenvalue weighted by molar-refractivity contribution is 0.0691. The number of piperazine rings is 1. The predicted molar refractivity (Wildman–Crippen MR) is 201 cm³/mol. The van der Waals surface area contributed by atoms with Crippen LogP contribution in [0, 0.1) is 0 Å². The standard InChI is InChI=1S/C42H46N6O2/c1-45(21-19-33-29-43-39-17-9-7-13-35(33)39)41(49)37-15-5-6-16-38(37)42(50)48(22-20-34-30-44-40-18-10-8-14-36(34)40)28-27-46-23-25-47(26-24-46)31-32-11-3-2-4-12-32/h2-18,29-30,43-44H,19-28,31H2,1H3. The summed E-state index contributed by atoms with van der Waals surface area (Å²) in [6.45, 7) is 7.39. The molecule has 0 atom stereocenters. The lowest BCUT2D eigenvalue weighted by Gasteiger charge is -2.36. The molecule has 0 unspecified atom stereocenters. The van der Waals surface area contributed by atoms with Crippen LogP contribution in [0.4, 0.5) is 0 Å². The number of aromatic nitrogens is 2. The molecule has 50 heavy (non-hydrogen) atoms. The maximum absolute atomic E-state index is 14.5. The Morgan fingerprint density at radius 2 is 1.12 bits per heavy atom. The zero-order valence-electron chi connectivity index (χ0n) is 28.9. The van der Waals surface area contributed by atoms with Gasteiger partial charge in [-0.1, -0.05) is 78.9 Å². The minimum atomic E-state index is -0.139. The van der Waals surface area contributed by atoms with E-state index in [2.05, 4.69) is 86.6 Å². The quantitative estimate of drug-likeness (QED) is 0.148. The molecule has 0 bridgehead atoms. The number of likely N-dealkylation sites (N-methyl/N-ethyl adjacent to an activating group) is 1. The van der Waals surface area contributed by atoms with Gasteiger partial charge in [-0.05, 0) is 53.8 Å². The van der Waals surface area contributed by atoms with Crippen molar-refractivity contribution < 1.29 is 9.59 Å². The molecule has 0 aliphatic carbocycles. The number of benzene rings is 4. The summed E-state index contributed by atoms with van der Waals surface area (Å²) in [6, 6.07) is 34.5. The van der Waals surface area contributed by atoms with Gasteiger partial charge in [-0.15, -0.1) is 0 Å². The van der Waals surface area contributed by atoms with Crippen LogP contribution in [0.1, 0.15) is 37.4 Å². The van der Waals surface area contributed by atoms with Crippen molar-refractivity contribution in [3.8, 4) is 0 Å². The van der Waals surface area contributed by atoms with Gasteiger partial charge >= 0.3 is 0 Å². The molecule has 0 radical (unpaired) electrons. The topological polar surface area (TPSA) is 78.7 Å². The highest BCUT2D eigenvalue weighted by Gasteiger charge is 2.25. The van der Waals surface area contributed by atoms with Crippen LogP contribution in [0.3, 0.4) is 0 Å². The maximum Gasteiger partial charge on any atom is 0.254 e. The van der Waals surface area contributed by atoms with E-state index in [0.717, 1.165) is 63.1 Å². The predicted octanol–water partition coefficient (Wildman–Crippen LogP) is 6.47. The van der Waals surface area contributed by atoms with Crippen LogP contribution in [-0.4, -0.2) is 101 Å². The van der Waals surface area contributed by atoms with Crippen molar-refractivity contribution in [2.45, 2.75) is 19.4 Å². The molecule has 8 heteroatoms. The van der Waals surface area contributed by atoms with E-state index in [0.29, 0.717) is 30.8 Å². The number of nitrogens with one attached hydrogen (secondary N) is 2. The second-order valence-corrected chi connectivity index (χ2v) is 13.4. The lowest BCUT2D eigenvalue weighted by atomic mass is 10.0. The largest absolute Gasteiger partial charge is 0.361 e. The SMILES string of the molecule is CN(CCc1c[nH]c2ccccc12)C(=O)c1ccccc1C(=O)N(CCc1c[nH]c2ccccc12)CCN1CCN(Cc2ccccc2)CC1. The number of hydrogen-bond acceptors (Lipinski definition) is 4. The third kappa shape index (κ3) is 7.67. The van der Waals surface area contributed by atoms with E-state index < -0.39 is 0 Å². The minimum absolute atomic E-state index is 0.0958. The molecule has 3 heterocycles. The van der Waals surface area contributed by atoms with Gasteiger partial charge in [0.15, 0.2) is 0 Å². The number of fused-ring (bicyclic) bond motifs is 2. The molecule has 6 aromatic rings. The maximum atomic E-state index is 14.5. The fraction of sp³-hybridized carbons (Fsp3) is 0.286. The van der Waals surface area contributed by atoms with E-state index in [1.54, 1.807) is 11.0 Å². The molecule has 2 amide bonds. The van der Waals surface area contributed by atoms with Gasteiger partial charge in [-0.25, -0.2) is 0 Å². The number of carbonyl (C=O) groups excluding carboxylic acids is 2. The fourth-order valence-corrected chi connectivity index (χ4v) is 7.14. The van der Waals surface area contributed by atoms with Crippen molar-refractivity contribution >= 4 is 33.6 Å². The first-order valence-corrected chi connectivity index (χ1v) is 17.8. The first kappa shape index (κ1) is 33.3. The van der Waals surface area contributed by atoms with Gasteiger partial charge in [-0.2, -0.15) is 0 Å². The number of nitrogens with zero attached hydrogens (tertiary/aromatic N) is 4. The number of para-hydroxylation sites is 2. The normalized spacial score (nSPS) is 13.9. The summed E-state index contributed by atoms with van der Waals surface area (Å²) in [7, 11) is 1.82. The Morgan fingerprint density at radius 1 is 0.600 bits per heavy atom. The molecular weight excluding hydrogens is 621 g/mol.